The Kier molecular flexibility index (Phi) is 1.89. The first-order valence-corrected chi connectivity index (χ1v) is 7.02. The maximum Gasteiger partial charge on any atom is 0.261 e. The third-order valence-corrected chi connectivity index (χ3v) is 4.68. The fourth-order valence-electron chi connectivity index (χ4n) is 3.45. The van der Waals surface area contributed by atoms with Gasteiger partial charge >= 0.3 is 0 Å². The third kappa shape index (κ3) is 1.25. The van der Waals surface area contributed by atoms with Crippen LogP contribution < -0.4 is 22.2 Å². The predicted molar refractivity (Wildman–Crippen MR) is 88.4 cm³/mol. The highest BCUT2D eigenvalue weighted by Gasteiger charge is 2.18. The van der Waals surface area contributed by atoms with Gasteiger partial charge in [0.2, 0.25) is 0 Å². The summed E-state index contributed by atoms with van der Waals surface area (Å²) in [6, 6.07) is 6.73. The van der Waals surface area contributed by atoms with Gasteiger partial charge in [-0.05, 0) is 45.8 Å². The molecule has 23 heavy (non-hydrogen) atoms. The number of nitrogens with one attached hydrogen (secondary N) is 1. The minimum atomic E-state index is -0.409. The van der Waals surface area contributed by atoms with E-state index in [1.165, 1.54) is 7.05 Å². The van der Waals surface area contributed by atoms with E-state index in [0.717, 1.165) is 26.1 Å². The van der Waals surface area contributed by atoms with Gasteiger partial charge in [-0.15, -0.1) is 0 Å². The maximum absolute atomic E-state index is 12.1. The summed E-state index contributed by atoms with van der Waals surface area (Å²) in [5.41, 5.74) is -1.47. The molecule has 2 heterocycles. The van der Waals surface area contributed by atoms with Crippen LogP contribution in [0.1, 0.15) is 0 Å². The van der Waals surface area contributed by atoms with E-state index in [0.29, 0.717) is 21.5 Å². The third-order valence-electron chi connectivity index (χ3n) is 4.68. The molecule has 110 valence electrons. The molecule has 0 saturated carbocycles. The molecule has 0 unspecified atom stereocenters. The Bertz CT molecular complexity index is 1380. The number of H-pyrrole nitrogens is 1. The molecule has 0 atom stereocenters. The van der Waals surface area contributed by atoms with Gasteiger partial charge in [0.05, 0.1) is 21.5 Å². The summed E-state index contributed by atoms with van der Waals surface area (Å²) < 4.78 is 1.09. The van der Waals surface area contributed by atoms with Crippen LogP contribution in [0.15, 0.2) is 43.4 Å². The molecular formula is C17H8N2O4. The lowest BCUT2D eigenvalue weighted by Crippen LogP contribution is -2.20. The van der Waals surface area contributed by atoms with Crippen molar-refractivity contribution in [2.75, 3.05) is 0 Å². The molecule has 1 N–H and O–H groups in total. The summed E-state index contributed by atoms with van der Waals surface area (Å²) in [5.74, 6) is 0. The molecule has 5 aromatic rings. The van der Waals surface area contributed by atoms with Crippen molar-refractivity contribution < 1.29 is 0 Å². The van der Waals surface area contributed by atoms with Gasteiger partial charge in [0.25, 0.3) is 22.2 Å². The highest BCUT2D eigenvalue weighted by molar-refractivity contribution is 6.29. The number of aromatic nitrogens is 2. The van der Waals surface area contributed by atoms with Crippen molar-refractivity contribution in [2.45, 2.75) is 0 Å². The second kappa shape index (κ2) is 3.55. The van der Waals surface area contributed by atoms with E-state index in [1.54, 1.807) is 24.3 Å². The first-order valence-electron chi connectivity index (χ1n) is 7.02. The Morgan fingerprint density at radius 1 is 0.609 bits per heavy atom. The van der Waals surface area contributed by atoms with Gasteiger partial charge < -0.3 is 0 Å². The first kappa shape index (κ1) is 12.3. The van der Waals surface area contributed by atoms with Crippen molar-refractivity contribution in [2.24, 2.45) is 7.05 Å². The van der Waals surface area contributed by atoms with E-state index in [4.69, 9.17) is 0 Å². The van der Waals surface area contributed by atoms with Gasteiger partial charge in [-0.25, -0.2) is 0 Å². The minimum absolute atomic E-state index is 0.324. The molecule has 0 radical (unpaired) electrons. The van der Waals surface area contributed by atoms with Crippen LogP contribution in [0.5, 0.6) is 0 Å². The number of fused-ring (bicyclic) bond motifs is 6. The largest absolute Gasteiger partial charge is 0.288 e. The standard InChI is InChI=1S/C17H8N2O4/c1-19-16(22)12-4-8-6-2-10-11(15(21)18-14(10)20)3-7(6)9(8)5-13(12)17(19)23/h2-5H,1H3,(H,18,20,21). The van der Waals surface area contributed by atoms with E-state index in [2.05, 4.69) is 4.98 Å². The Hall–Kier alpha value is -3.28. The second-order valence-electron chi connectivity index (χ2n) is 5.84. The molecule has 0 bridgehead atoms. The van der Waals surface area contributed by atoms with E-state index in [1.807, 2.05) is 0 Å². The van der Waals surface area contributed by atoms with Gasteiger partial charge in [0.1, 0.15) is 0 Å². The van der Waals surface area contributed by atoms with Crippen molar-refractivity contribution in [3.63, 3.8) is 0 Å². The van der Waals surface area contributed by atoms with E-state index in [9.17, 15) is 19.2 Å². The van der Waals surface area contributed by atoms with Gasteiger partial charge in [0, 0.05) is 7.05 Å². The lowest BCUT2D eigenvalue weighted by atomic mass is 9.91. The zero-order chi connectivity index (χ0) is 16.0. The van der Waals surface area contributed by atoms with Crippen molar-refractivity contribution in [1.82, 2.24) is 9.55 Å². The van der Waals surface area contributed by atoms with Gasteiger partial charge in [-0.1, -0.05) is 0 Å². The zero-order valence-corrected chi connectivity index (χ0v) is 11.9. The molecule has 0 aliphatic rings. The second-order valence-corrected chi connectivity index (χ2v) is 5.84. The monoisotopic (exact) mass is 304 g/mol. The van der Waals surface area contributed by atoms with Crippen molar-refractivity contribution in [1.29, 1.82) is 0 Å². The Morgan fingerprint density at radius 3 is 1.35 bits per heavy atom. The molecule has 0 aliphatic carbocycles. The first-order chi connectivity index (χ1) is 11.0. The number of hydrogen-bond donors (Lipinski definition) is 1. The van der Waals surface area contributed by atoms with Crippen LogP contribution in [0.2, 0.25) is 0 Å². The summed E-state index contributed by atoms with van der Waals surface area (Å²) in [4.78, 5) is 50.0. The highest BCUT2D eigenvalue weighted by atomic mass is 16.2. The SMILES string of the molecule is Cn1c(=O)c2cc3c4cc5c(=O)[nH]c(=O)c5cc4c3cc2c1=O. The van der Waals surface area contributed by atoms with Crippen LogP contribution >= 0.6 is 0 Å². The molecule has 3 aromatic carbocycles. The average molecular weight is 304 g/mol. The number of nitrogens with zero attached hydrogens (tertiary/aromatic N) is 1. The summed E-state index contributed by atoms with van der Waals surface area (Å²) in [7, 11) is 1.45. The fourth-order valence-corrected chi connectivity index (χ4v) is 3.45. The topological polar surface area (TPSA) is 89.0 Å². The number of aromatic amines is 1. The number of rotatable bonds is 0. The van der Waals surface area contributed by atoms with Gasteiger partial charge in [-0.3, -0.25) is 28.7 Å². The van der Waals surface area contributed by atoms with Crippen molar-refractivity contribution in [3.8, 4) is 0 Å². The van der Waals surface area contributed by atoms with Gasteiger partial charge in [-0.2, -0.15) is 0 Å². The molecule has 0 amide bonds. The molecule has 0 spiro atoms. The number of hydrogen-bond acceptors (Lipinski definition) is 4. The van der Waals surface area contributed by atoms with Gasteiger partial charge in [0.15, 0.2) is 0 Å². The summed E-state index contributed by atoms with van der Waals surface area (Å²) in [5, 5.41) is 4.74. The Labute approximate surface area is 126 Å². The zero-order valence-electron chi connectivity index (χ0n) is 11.9. The van der Waals surface area contributed by atoms with Crippen LogP contribution in [0.4, 0.5) is 0 Å². The lowest BCUT2D eigenvalue weighted by molar-refractivity contribution is 0.856. The van der Waals surface area contributed by atoms with E-state index in [-0.39, 0.29) is 11.1 Å². The van der Waals surface area contributed by atoms with Crippen molar-refractivity contribution >= 4 is 43.1 Å². The summed E-state index contributed by atoms with van der Waals surface area (Å²) >= 11 is 0. The van der Waals surface area contributed by atoms with Crippen LogP contribution in [-0.2, 0) is 7.05 Å². The van der Waals surface area contributed by atoms with Crippen LogP contribution in [-0.4, -0.2) is 9.55 Å². The molecule has 6 nitrogen and oxygen atoms in total. The molecule has 6 heteroatoms. The molecule has 0 aliphatic heterocycles. The number of benzene rings is 2. The molecule has 0 saturated heterocycles. The summed E-state index contributed by atoms with van der Waals surface area (Å²) in [6.07, 6.45) is 0. The van der Waals surface area contributed by atoms with Crippen LogP contribution in [0.25, 0.3) is 43.1 Å². The maximum atomic E-state index is 12.1. The van der Waals surface area contributed by atoms with E-state index < -0.39 is 11.1 Å². The molecule has 2 aromatic heterocycles. The summed E-state index contributed by atoms with van der Waals surface area (Å²) in [6.45, 7) is 0. The highest BCUT2D eigenvalue weighted by Crippen LogP contribution is 2.38. The Morgan fingerprint density at radius 2 is 0.957 bits per heavy atom. The van der Waals surface area contributed by atoms with Crippen molar-refractivity contribution in [3.05, 3.63) is 65.7 Å². The van der Waals surface area contributed by atoms with Crippen LogP contribution in [0.3, 0.4) is 0 Å². The smallest absolute Gasteiger partial charge is 0.261 e. The quantitative estimate of drug-likeness (QED) is 0.456. The average Bonchev–Trinajstić information content (AvgIpc) is 2.93. The predicted octanol–water partition coefficient (Wildman–Crippen LogP) is 0.720. The molecule has 5 rings (SSSR count). The fraction of sp³-hybridized carbons (Fsp3) is 0.0588. The lowest BCUT2D eigenvalue weighted by Gasteiger charge is -2.11. The molecular weight excluding hydrogens is 296 g/mol. The minimum Gasteiger partial charge on any atom is -0.288 e. The van der Waals surface area contributed by atoms with E-state index >= 15 is 0 Å². The molecule has 0 fully saturated rings. The van der Waals surface area contributed by atoms with Crippen LogP contribution in [0, 0.1) is 0 Å². The normalized spacial score (nSPS) is 12.4. The Balaban J connectivity index is 2.06.